The number of benzene rings is 2. The van der Waals surface area contributed by atoms with E-state index in [1.54, 1.807) is 43.5 Å². The smallest absolute Gasteiger partial charge is 0.263 e. The molecule has 0 fully saturated rings. The van der Waals surface area contributed by atoms with Gasteiger partial charge in [0.05, 0.1) is 14.2 Å². The van der Waals surface area contributed by atoms with Gasteiger partial charge in [-0.05, 0) is 42.0 Å². The van der Waals surface area contributed by atoms with Crippen LogP contribution in [0.5, 0.6) is 11.5 Å². The summed E-state index contributed by atoms with van der Waals surface area (Å²) >= 11 is 6.12. The van der Waals surface area contributed by atoms with Crippen LogP contribution in [0.3, 0.4) is 0 Å². The van der Waals surface area contributed by atoms with Crippen LogP contribution < -0.4 is 20.3 Å². The third kappa shape index (κ3) is 4.94. The summed E-state index contributed by atoms with van der Waals surface area (Å²) in [5, 5.41) is 7.30. The minimum atomic E-state index is -0.432. The van der Waals surface area contributed by atoms with Gasteiger partial charge in [-0.2, -0.15) is 4.98 Å². The van der Waals surface area contributed by atoms with Gasteiger partial charge in [-0.1, -0.05) is 35.0 Å². The van der Waals surface area contributed by atoms with Gasteiger partial charge in [0.2, 0.25) is 11.7 Å². The Morgan fingerprint density at radius 3 is 2.65 bits per heavy atom. The summed E-state index contributed by atoms with van der Waals surface area (Å²) in [6.45, 7) is 0.0824. The minimum Gasteiger partial charge on any atom is -0.493 e. The van der Waals surface area contributed by atoms with Gasteiger partial charge in [0.15, 0.2) is 11.5 Å². The van der Waals surface area contributed by atoms with Gasteiger partial charge in [0.25, 0.3) is 11.4 Å². The van der Waals surface area contributed by atoms with Crippen molar-refractivity contribution in [3.05, 3.63) is 81.7 Å². The number of methoxy groups -OCH3 is 2. The van der Waals surface area contributed by atoms with Crippen molar-refractivity contribution >= 4 is 17.5 Å². The molecule has 4 rings (SSSR count). The molecule has 0 saturated carbocycles. The highest BCUT2D eigenvalue weighted by Crippen LogP contribution is 2.31. The summed E-state index contributed by atoms with van der Waals surface area (Å²) in [7, 11) is 3.07. The zero-order valence-electron chi connectivity index (χ0n) is 18.4. The fourth-order valence-electron chi connectivity index (χ4n) is 3.30. The number of pyridine rings is 1. The van der Waals surface area contributed by atoms with Crippen molar-refractivity contribution in [3.63, 3.8) is 0 Å². The van der Waals surface area contributed by atoms with Crippen LogP contribution in [0.4, 0.5) is 0 Å². The molecule has 2 heterocycles. The van der Waals surface area contributed by atoms with Crippen LogP contribution in [-0.2, 0) is 17.9 Å². The number of carbonyl (C=O) groups excluding carboxylic acids is 1. The second-order valence-corrected chi connectivity index (χ2v) is 7.62. The Labute approximate surface area is 199 Å². The van der Waals surface area contributed by atoms with Crippen molar-refractivity contribution in [2.75, 3.05) is 14.2 Å². The van der Waals surface area contributed by atoms with Gasteiger partial charge in [0, 0.05) is 23.3 Å². The first-order valence-electron chi connectivity index (χ1n) is 10.3. The number of carbonyl (C=O) groups is 1. The summed E-state index contributed by atoms with van der Waals surface area (Å²) in [6, 6.07) is 15.6. The number of ether oxygens (including phenoxy) is 2. The Balaban J connectivity index is 1.51. The maximum atomic E-state index is 13.0. The van der Waals surface area contributed by atoms with Crippen molar-refractivity contribution in [2.24, 2.45) is 0 Å². The van der Waals surface area contributed by atoms with Crippen molar-refractivity contribution in [3.8, 4) is 34.3 Å². The first-order chi connectivity index (χ1) is 16.5. The van der Waals surface area contributed by atoms with Crippen LogP contribution in [0.15, 0.2) is 70.1 Å². The summed E-state index contributed by atoms with van der Waals surface area (Å²) in [6.07, 6.45) is 1.52. The molecule has 1 N–H and O–H groups in total. The van der Waals surface area contributed by atoms with E-state index in [9.17, 15) is 9.59 Å². The number of rotatable bonds is 8. The monoisotopic (exact) mass is 480 g/mol. The molecule has 2 aromatic carbocycles. The molecular weight excluding hydrogens is 460 g/mol. The number of amides is 1. The average Bonchev–Trinajstić information content (AvgIpc) is 3.34. The second-order valence-electron chi connectivity index (χ2n) is 7.22. The van der Waals surface area contributed by atoms with Crippen LogP contribution in [0.2, 0.25) is 5.02 Å². The molecule has 10 heteroatoms. The lowest BCUT2D eigenvalue weighted by molar-refractivity contribution is -0.121. The van der Waals surface area contributed by atoms with E-state index in [1.165, 1.54) is 17.9 Å². The zero-order chi connectivity index (χ0) is 24.1. The maximum absolute atomic E-state index is 13.0. The lowest BCUT2D eigenvalue weighted by atomic mass is 10.2. The first kappa shape index (κ1) is 23.1. The number of halogens is 1. The molecule has 1 amide bonds. The van der Waals surface area contributed by atoms with E-state index in [0.29, 0.717) is 22.1 Å². The Kier molecular flexibility index (Phi) is 6.93. The Morgan fingerprint density at radius 2 is 1.88 bits per heavy atom. The van der Waals surface area contributed by atoms with E-state index in [1.807, 2.05) is 18.2 Å². The van der Waals surface area contributed by atoms with Crippen LogP contribution in [-0.4, -0.2) is 34.8 Å². The van der Waals surface area contributed by atoms with Gasteiger partial charge < -0.3 is 23.9 Å². The molecule has 2 aromatic heterocycles. The quantitative estimate of drug-likeness (QED) is 0.410. The molecule has 0 spiro atoms. The molecule has 0 aliphatic rings. The van der Waals surface area contributed by atoms with Crippen LogP contribution in [0, 0.1) is 0 Å². The van der Waals surface area contributed by atoms with Crippen LogP contribution in [0.1, 0.15) is 5.56 Å². The van der Waals surface area contributed by atoms with Gasteiger partial charge in [-0.3, -0.25) is 9.59 Å². The standard InChI is InChI=1S/C24H21ClN4O5/c1-32-19-10-9-15(12-20(19)33-2)22-27-23(34-28-22)17-7-5-11-29(24(17)31)14-21(30)26-13-16-6-3-4-8-18(16)25/h3-12H,13-14H2,1-2H3,(H,26,30). The molecular formula is C24H21ClN4O5. The highest BCUT2D eigenvalue weighted by molar-refractivity contribution is 6.31. The number of nitrogens with one attached hydrogen (secondary N) is 1. The summed E-state index contributed by atoms with van der Waals surface area (Å²) in [5.74, 6) is 1.06. The normalized spacial score (nSPS) is 10.7. The van der Waals surface area contributed by atoms with Gasteiger partial charge >= 0.3 is 0 Å². The molecule has 0 aliphatic carbocycles. The molecule has 9 nitrogen and oxygen atoms in total. The summed E-state index contributed by atoms with van der Waals surface area (Å²) in [4.78, 5) is 29.7. The highest BCUT2D eigenvalue weighted by Gasteiger charge is 2.17. The molecule has 34 heavy (non-hydrogen) atoms. The number of hydrogen-bond acceptors (Lipinski definition) is 7. The fraction of sp³-hybridized carbons (Fsp3) is 0.167. The van der Waals surface area contributed by atoms with Gasteiger partial charge in [-0.25, -0.2) is 0 Å². The lowest BCUT2D eigenvalue weighted by Gasteiger charge is -2.09. The Bertz CT molecular complexity index is 1380. The molecule has 0 saturated heterocycles. The largest absolute Gasteiger partial charge is 0.493 e. The van der Waals surface area contributed by atoms with E-state index in [-0.39, 0.29) is 36.3 Å². The number of aromatic nitrogens is 3. The lowest BCUT2D eigenvalue weighted by Crippen LogP contribution is -2.32. The van der Waals surface area contributed by atoms with Crippen molar-refractivity contribution < 1.29 is 18.8 Å². The van der Waals surface area contributed by atoms with E-state index in [2.05, 4.69) is 15.5 Å². The SMILES string of the molecule is COc1ccc(-c2noc(-c3cccn(CC(=O)NCc4ccccc4Cl)c3=O)n2)cc1OC. The Hall–Kier alpha value is -4.11. The van der Waals surface area contributed by atoms with Crippen LogP contribution in [0.25, 0.3) is 22.8 Å². The Morgan fingerprint density at radius 1 is 1.09 bits per heavy atom. The third-order valence-corrected chi connectivity index (χ3v) is 5.43. The molecule has 0 unspecified atom stereocenters. The second kappa shape index (κ2) is 10.2. The van der Waals surface area contributed by atoms with Crippen molar-refractivity contribution in [1.82, 2.24) is 20.0 Å². The predicted molar refractivity (Wildman–Crippen MR) is 126 cm³/mol. The molecule has 4 aromatic rings. The zero-order valence-corrected chi connectivity index (χ0v) is 19.2. The van der Waals surface area contributed by atoms with Gasteiger partial charge in [0.1, 0.15) is 12.1 Å². The molecule has 0 aliphatic heterocycles. The molecule has 174 valence electrons. The number of nitrogens with zero attached hydrogens (tertiary/aromatic N) is 3. The van der Waals surface area contributed by atoms with E-state index in [4.69, 9.17) is 25.6 Å². The van der Waals surface area contributed by atoms with E-state index in [0.717, 1.165) is 5.56 Å². The maximum Gasteiger partial charge on any atom is 0.263 e. The average molecular weight is 481 g/mol. The highest BCUT2D eigenvalue weighted by atomic mass is 35.5. The minimum absolute atomic E-state index is 0.0422. The van der Waals surface area contributed by atoms with E-state index < -0.39 is 5.56 Å². The fourth-order valence-corrected chi connectivity index (χ4v) is 3.50. The third-order valence-electron chi connectivity index (χ3n) is 5.07. The van der Waals surface area contributed by atoms with Crippen molar-refractivity contribution in [2.45, 2.75) is 13.1 Å². The topological polar surface area (TPSA) is 108 Å². The molecule has 0 bridgehead atoms. The number of hydrogen-bond donors (Lipinski definition) is 1. The summed E-state index contributed by atoms with van der Waals surface area (Å²) in [5.41, 5.74) is 1.16. The van der Waals surface area contributed by atoms with E-state index >= 15 is 0 Å². The first-order valence-corrected chi connectivity index (χ1v) is 10.6. The predicted octanol–water partition coefficient (Wildman–Crippen LogP) is 3.55. The van der Waals surface area contributed by atoms with Gasteiger partial charge in [-0.15, -0.1) is 0 Å². The summed E-state index contributed by atoms with van der Waals surface area (Å²) < 4.78 is 17.2. The molecule has 0 radical (unpaired) electrons. The van der Waals surface area contributed by atoms with Crippen molar-refractivity contribution in [1.29, 1.82) is 0 Å². The van der Waals surface area contributed by atoms with Crippen LogP contribution >= 0.6 is 11.6 Å². The molecule has 0 atom stereocenters.